The van der Waals surface area contributed by atoms with E-state index in [2.05, 4.69) is 20.6 Å². The van der Waals surface area contributed by atoms with Crippen molar-refractivity contribution < 1.29 is 4.79 Å². The first-order valence-electron chi connectivity index (χ1n) is 6.62. The summed E-state index contributed by atoms with van der Waals surface area (Å²) in [7, 11) is 3.86. The van der Waals surface area contributed by atoms with E-state index in [4.69, 9.17) is 0 Å². The summed E-state index contributed by atoms with van der Waals surface area (Å²) >= 11 is 0. The van der Waals surface area contributed by atoms with Gasteiger partial charge in [0.2, 0.25) is 5.91 Å². The Bertz CT molecular complexity index is 491. The maximum atomic E-state index is 12.1. The van der Waals surface area contributed by atoms with Crippen molar-refractivity contribution in [2.45, 2.75) is 32.9 Å². The zero-order valence-corrected chi connectivity index (χ0v) is 12.4. The summed E-state index contributed by atoms with van der Waals surface area (Å²) < 4.78 is 1.88. The SMILES string of the molecule is CNCc1c(C)nn(C)c1N1CCNC(=O)C1(C)C. The number of nitrogens with zero attached hydrogens (tertiary/aromatic N) is 3. The van der Waals surface area contributed by atoms with Gasteiger partial charge in [0.05, 0.1) is 5.69 Å². The molecule has 6 heteroatoms. The van der Waals surface area contributed by atoms with Crippen LogP contribution in [0.25, 0.3) is 0 Å². The predicted octanol–water partition coefficient (Wildman–Crippen LogP) is 0.163. The summed E-state index contributed by atoms with van der Waals surface area (Å²) in [6.45, 7) is 8.14. The number of hydrogen-bond donors (Lipinski definition) is 2. The minimum atomic E-state index is -0.555. The predicted molar refractivity (Wildman–Crippen MR) is 75.1 cm³/mol. The first kappa shape index (κ1) is 13.9. The van der Waals surface area contributed by atoms with Crippen molar-refractivity contribution in [1.82, 2.24) is 20.4 Å². The van der Waals surface area contributed by atoms with Gasteiger partial charge in [0.1, 0.15) is 11.4 Å². The Kier molecular flexibility index (Phi) is 3.54. The number of aryl methyl sites for hydroxylation is 2. The lowest BCUT2D eigenvalue weighted by Crippen LogP contribution is -2.62. The lowest BCUT2D eigenvalue weighted by Gasteiger charge is -2.43. The number of carbonyl (C=O) groups excluding carboxylic acids is 1. The fourth-order valence-electron chi connectivity index (χ4n) is 2.68. The Hall–Kier alpha value is -1.56. The van der Waals surface area contributed by atoms with Crippen LogP contribution in [0.15, 0.2) is 0 Å². The molecule has 6 nitrogen and oxygen atoms in total. The summed E-state index contributed by atoms with van der Waals surface area (Å²) in [4.78, 5) is 14.2. The van der Waals surface area contributed by atoms with E-state index < -0.39 is 5.54 Å². The number of piperazine rings is 1. The van der Waals surface area contributed by atoms with Crippen LogP contribution < -0.4 is 15.5 Å². The maximum Gasteiger partial charge on any atom is 0.245 e. The standard InChI is InChI=1S/C13H23N5O/c1-9-10(8-14-4)11(17(5)16-9)18-7-6-15-12(19)13(18,2)3/h14H,6-8H2,1-5H3,(H,15,19). The van der Waals surface area contributed by atoms with Crippen molar-refractivity contribution in [2.24, 2.45) is 7.05 Å². The van der Waals surface area contributed by atoms with Crippen LogP contribution in [-0.2, 0) is 18.4 Å². The molecule has 0 bridgehead atoms. The highest BCUT2D eigenvalue weighted by Gasteiger charge is 2.40. The van der Waals surface area contributed by atoms with E-state index in [1.807, 2.05) is 39.5 Å². The van der Waals surface area contributed by atoms with Crippen LogP contribution in [0.2, 0.25) is 0 Å². The van der Waals surface area contributed by atoms with Gasteiger partial charge in [-0.25, -0.2) is 0 Å². The highest BCUT2D eigenvalue weighted by Crippen LogP contribution is 2.30. The second-order valence-corrected chi connectivity index (χ2v) is 5.51. The quantitative estimate of drug-likeness (QED) is 0.817. The van der Waals surface area contributed by atoms with Crippen molar-refractivity contribution in [3.05, 3.63) is 11.3 Å². The molecule has 1 aromatic heterocycles. The van der Waals surface area contributed by atoms with Crippen molar-refractivity contribution >= 4 is 11.7 Å². The second kappa shape index (κ2) is 4.85. The Labute approximate surface area is 114 Å². The Morgan fingerprint density at radius 2 is 2.16 bits per heavy atom. The maximum absolute atomic E-state index is 12.1. The topological polar surface area (TPSA) is 62.2 Å². The first-order chi connectivity index (χ1) is 8.89. The number of carbonyl (C=O) groups is 1. The van der Waals surface area contributed by atoms with E-state index >= 15 is 0 Å². The third-order valence-corrected chi connectivity index (χ3v) is 3.77. The van der Waals surface area contributed by atoms with Crippen molar-refractivity contribution in [1.29, 1.82) is 0 Å². The molecule has 2 N–H and O–H groups in total. The molecular weight excluding hydrogens is 242 g/mol. The summed E-state index contributed by atoms with van der Waals surface area (Å²) in [5.41, 5.74) is 1.61. The van der Waals surface area contributed by atoms with E-state index in [0.717, 1.165) is 30.2 Å². The van der Waals surface area contributed by atoms with Crippen LogP contribution in [0.4, 0.5) is 5.82 Å². The van der Waals surface area contributed by atoms with Gasteiger partial charge in [-0.15, -0.1) is 0 Å². The summed E-state index contributed by atoms with van der Waals surface area (Å²) in [5.74, 6) is 1.10. The average Bonchev–Trinajstić information content (AvgIpc) is 2.59. The summed E-state index contributed by atoms with van der Waals surface area (Å²) in [6.07, 6.45) is 0. The molecule has 0 aliphatic carbocycles. The molecule has 0 aromatic carbocycles. The molecule has 2 heterocycles. The van der Waals surface area contributed by atoms with E-state index in [1.165, 1.54) is 0 Å². The van der Waals surface area contributed by atoms with E-state index in [0.29, 0.717) is 6.54 Å². The number of rotatable bonds is 3. The normalized spacial score (nSPS) is 18.6. The van der Waals surface area contributed by atoms with E-state index in [1.54, 1.807) is 0 Å². The number of hydrogen-bond acceptors (Lipinski definition) is 4. The number of amides is 1. The monoisotopic (exact) mass is 265 g/mol. The van der Waals surface area contributed by atoms with Crippen LogP contribution in [-0.4, -0.2) is 41.4 Å². The average molecular weight is 265 g/mol. The fraction of sp³-hybridized carbons (Fsp3) is 0.692. The number of aromatic nitrogens is 2. The van der Waals surface area contributed by atoms with E-state index in [9.17, 15) is 4.79 Å². The summed E-state index contributed by atoms with van der Waals surface area (Å²) in [5, 5.41) is 10.6. The molecule has 0 unspecified atom stereocenters. The highest BCUT2D eigenvalue weighted by molar-refractivity contribution is 5.90. The van der Waals surface area contributed by atoms with Crippen LogP contribution >= 0.6 is 0 Å². The lowest BCUT2D eigenvalue weighted by molar-refractivity contribution is -0.126. The summed E-state index contributed by atoms with van der Waals surface area (Å²) in [6, 6.07) is 0. The Balaban J connectivity index is 2.48. The van der Waals surface area contributed by atoms with Crippen LogP contribution in [0.1, 0.15) is 25.1 Å². The zero-order chi connectivity index (χ0) is 14.2. The molecule has 19 heavy (non-hydrogen) atoms. The smallest absolute Gasteiger partial charge is 0.245 e. The van der Waals surface area contributed by atoms with Gasteiger partial charge >= 0.3 is 0 Å². The molecule has 2 rings (SSSR count). The van der Waals surface area contributed by atoms with Gasteiger partial charge in [0.25, 0.3) is 0 Å². The molecule has 1 amide bonds. The van der Waals surface area contributed by atoms with Gasteiger partial charge in [-0.2, -0.15) is 5.10 Å². The lowest BCUT2D eigenvalue weighted by atomic mass is 9.98. The van der Waals surface area contributed by atoms with E-state index in [-0.39, 0.29) is 5.91 Å². The van der Waals surface area contributed by atoms with Gasteiger partial charge in [-0.05, 0) is 27.8 Å². The van der Waals surface area contributed by atoms with Gasteiger partial charge in [0, 0.05) is 32.2 Å². The van der Waals surface area contributed by atoms with Crippen LogP contribution in [0.5, 0.6) is 0 Å². The van der Waals surface area contributed by atoms with Crippen LogP contribution in [0.3, 0.4) is 0 Å². The molecule has 1 aliphatic heterocycles. The minimum absolute atomic E-state index is 0.0630. The molecular formula is C13H23N5O. The molecule has 0 saturated carbocycles. The third-order valence-electron chi connectivity index (χ3n) is 3.77. The Morgan fingerprint density at radius 3 is 2.79 bits per heavy atom. The van der Waals surface area contributed by atoms with Gasteiger partial charge in [-0.3, -0.25) is 9.48 Å². The third kappa shape index (κ3) is 2.20. The molecule has 0 atom stereocenters. The van der Waals surface area contributed by atoms with Crippen LogP contribution in [0, 0.1) is 6.92 Å². The highest BCUT2D eigenvalue weighted by atomic mass is 16.2. The molecule has 0 radical (unpaired) electrons. The molecule has 1 aromatic rings. The molecule has 1 fully saturated rings. The van der Waals surface area contributed by atoms with Gasteiger partial charge in [-0.1, -0.05) is 0 Å². The number of anilines is 1. The second-order valence-electron chi connectivity index (χ2n) is 5.51. The number of nitrogens with one attached hydrogen (secondary N) is 2. The van der Waals surface area contributed by atoms with Crippen molar-refractivity contribution in [3.8, 4) is 0 Å². The molecule has 1 saturated heterocycles. The Morgan fingerprint density at radius 1 is 1.47 bits per heavy atom. The van der Waals surface area contributed by atoms with Gasteiger partial charge in [0.15, 0.2) is 0 Å². The van der Waals surface area contributed by atoms with Gasteiger partial charge < -0.3 is 15.5 Å². The minimum Gasteiger partial charge on any atom is -0.352 e. The largest absolute Gasteiger partial charge is 0.352 e. The molecule has 106 valence electrons. The first-order valence-corrected chi connectivity index (χ1v) is 6.62. The van der Waals surface area contributed by atoms with Crippen molar-refractivity contribution in [2.75, 3.05) is 25.0 Å². The molecule has 0 spiro atoms. The molecule has 1 aliphatic rings. The van der Waals surface area contributed by atoms with Crippen molar-refractivity contribution in [3.63, 3.8) is 0 Å². The fourth-order valence-corrected chi connectivity index (χ4v) is 2.68. The zero-order valence-electron chi connectivity index (χ0n) is 12.4.